The maximum Gasteiger partial charge on any atom is 0.338 e. The normalized spacial score (nSPS) is 12.0. The van der Waals surface area contributed by atoms with Gasteiger partial charge in [-0.25, -0.2) is 4.79 Å². The first-order chi connectivity index (χ1) is 10.1. The number of halogens is 2. The molecule has 3 nitrogen and oxygen atoms in total. The molecule has 0 bridgehead atoms. The highest BCUT2D eigenvalue weighted by atomic mass is 35.5. The van der Waals surface area contributed by atoms with Crippen LogP contribution in [-0.2, 0) is 4.74 Å². The minimum Gasteiger partial charge on any atom is -0.461 e. The van der Waals surface area contributed by atoms with Gasteiger partial charge in [0.25, 0.3) is 0 Å². The molecule has 0 spiro atoms. The summed E-state index contributed by atoms with van der Waals surface area (Å²) in [5.74, 6) is -0.779. The van der Waals surface area contributed by atoms with E-state index < -0.39 is 5.97 Å². The van der Waals surface area contributed by atoms with Crippen molar-refractivity contribution in [2.24, 2.45) is 0 Å². The number of hydrogen-bond donors (Lipinski definition) is 1. The van der Waals surface area contributed by atoms with Gasteiger partial charge in [0.05, 0.1) is 12.2 Å². The second-order valence-electron chi connectivity index (χ2n) is 4.55. The monoisotopic (exact) mass is 324 g/mol. The summed E-state index contributed by atoms with van der Waals surface area (Å²) in [6, 6.07) is 13.9. The van der Waals surface area contributed by atoms with Crippen molar-refractivity contribution in [3.63, 3.8) is 0 Å². The number of hydrogen-bond acceptors (Lipinski definition) is 3. The Morgan fingerprint density at radius 1 is 1.10 bits per heavy atom. The number of carbonyl (C=O) groups is 1. The highest BCUT2D eigenvalue weighted by Gasteiger charge is 2.15. The van der Waals surface area contributed by atoms with Gasteiger partial charge in [-0.2, -0.15) is 0 Å². The van der Waals surface area contributed by atoms with E-state index in [-0.39, 0.29) is 24.7 Å². The molecule has 2 aromatic carbocycles. The molecule has 0 heterocycles. The molecule has 0 aliphatic carbocycles. The van der Waals surface area contributed by atoms with E-state index in [2.05, 4.69) is 0 Å². The van der Waals surface area contributed by atoms with E-state index >= 15 is 0 Å². The fraction of sp³-hybridized carbons (Fsp3) is 0.188. The van der Waals surface area contributed by atoms with Gasteiger partial charge >= 0.3 is 5.97 Å². The Morgan fingerprint density at radius 3 is 2.29 bits per heavy atom. The van der Waals surface area contributed by atoms with Gasteiger partial charge in [0, 0.05) is 16.0 Å². The van der Waals surface area contributed by atoms with Gasteiger partial charge in [0.15, 0.2) is 0 Å². The van der Waals surface area contributed by atoms with E-state index in [4.69, 9.17) is 27.9 Å². The van der Waals surface area contributed by atoms with E-state index in [1.807, 2.05) is 30.3 Å². The van der Waals surface area contributed by atoms with Crippen LogP contribution in [0, 0.1) is 0 Å². The van der Waals surface area contributed by atoms with Crippen LogP contribution in [0.15, 0.2) is 48.5 Å². The molecule has 1 atom stereocenters. The summed E-state index contributed by atoms with van der Waals surface area (Å²) in [5, 5.41) is 10.2. The smallest absolute Gasteiger partial charge is 0.338 e. The molecule has 1 N–H and O–H groups in total. The summed E-state index contributed by atoms with van der Waals surface area (Å²) in [5.41, 5.74) is 1.20. The van der Waals surface area contributed by atoms with Crippen LogP contribution in [-0.4, -0.2) is 24.3 Å². The molecule has 21 heavy (non-hydrogen) atoms. The van der Waals surface area contributed by atoms with Crippen molar-refractivity contribution in [2.75, 3.05) is 13.2 Å². The summed E-state index contributed by atoms with van der Waals surface area (Å²) in [7, 11) is 0. The molecular weight excluding hydrogens is 311 g/mol. The summed E-state index contributed by atoms with van der Waals surface area (Å²) in [6.45, 7) is -0.0168. The number of benzene rings is 2. The van der Waals surface area contributed by atoms with Gasteiger partial charge in [-0.3, -0.25) is 0 Å². The molecule has 110 valence electrons. The number of rotatable bonds is 5. The van der Waals surface area contributed by atoms with Crippen molar-refractivity contribution in [3.8, 4) is 0 Å². The second kappa shape index (κ2) is 7.46. The highest BCUT2D eigenvalue weighted by Crippen LogP contribution is 2.21. The Kier molecular flexibility index (Phi) is 5.62. The van der Waals surface area contributed by atoms with Crippen molar-refractivity contribution < 1.29 is 14.6 Å². The minimum atomic E-state index is -0.520. The summed E-state index contributed by atoms with van der Waals surface area (Å²) in [4.78, 5) is 12.0. The predicted octanol–water partition coefficient (Wildman–Crippen LogP) is 3.93. The van der Waals surface area contributed by atoms with Gasteiger partial charge in [-0.1, -0.05) is 53.5 Å². The number of aliphatic hydroxyl groups excluding tert-OH is 1. The molecular formula is C16H14Cl2O3. The van der Waals surface area contributed by atoms with E-state index in [1.54, 1.807) is 6.07 Å². The lowest BCUT2D eigenvalue weighted by Gasteiger charge is -2.15. The largest absolute Gasteiger partial charge is 0.461 e. The Bertz CT molecular complexity index is 594. The van der Waals surface area contributed by atoms with Gasteiger partial charge in [0.1, 0.15) is 6.61 Å². The van der Waals surface area contributed by atoms with Crippen LogP contribution in [0.25, 0.3) is 0 Å². The lowest BCUT2D eigenvalue weighted by atomic mass is 10.0. The molecule has 0 aliphatic heterocycles. The van der Waals surface area contributed by atoms with Gasteiger partial charge in [0.2, 0.25) is 0 Å². The van der Waals surface area contributed by atoms with E-state index in [0.29, 0.717) is 10.0 Å². The van der Waals surface area contributed by atoms with E-state index in [1.165, 1.54) is 12.1 Å². The van der Waals surface area contributed by atoms with Crippen LogP contribution < -0.4 is 0 Å². The third kappa shape index (κ3) is 4.46. The Hall–Kier alpha value is -1.55. The molecule has 2 rings (SSSR count). The van der Waals surface area contributed by atoms with Crippen LogP contribution >= 0.6 is 23.2 Å². The highest BCUT2D eigenvalue weighted by molar-refractivity contribution is 6.35. The summed E-state index contributed by atoms with van der Waals surface area (Å²) < 4.78 is 5.23. The maximum atomic E-state index is 12.0. The van der Waals surface area contributed by atoms with Crippen LogP contribution in [0.5, 0.6) is 0 Å². The standard InChI is InChI=1S/C16H14Cl2O3/c17-14-6-12(7-15(18)8-14)16(20)21-10-13(9-19)11-4-2-1-3-5-11/h1-8,13,19H,9-10H2. The first kappa shape index (κ1) is 15.8. The fourth-order valence-electron chi connectivity index (χ4n) is 1.91. The zero-order valence-corrected chi connectivity index (χ0v) is 12.6. The third-order valence-electron chi connectivity index (χ3n) is 3.01. The molecule has 5 heteroatoms. The van der Waals surface area contributed by atoms with Crippen molar-refractivity contribution in [1.82, 2.24) is 0 Å². The van der Waals surface area contributed by atoms with Crippen molar-refractivity contribution in [1.29, 1.82) is 0 Å². The molecule has 0 saturated carbocycles. The molecule has 0 aliphatic rings. The lowest BCUT2D eigenvalue weighted by Crippen LogP contribution is -2.16. The average Bonchev–Trinajstić information content (AvgIpc) is 2.47. The number of esters is 1. The fourth-order valence-corrected chi connectivity index (χ4v) is 2.44. The molecule has 0 radical (unpaired) electrons. The van der Waals surface area contributed by atoms with E-state index in [0.717, 1.165) is 5.56 Å². The molecule has 0 saturated heterocycles. The predicted molar refractivity (Wildman–Crippen MR) is 83.0 cm³/mol. The van der Waals surface area contributed by atoms with Gasteiger partial charge < -0.3 is 9.84 Å². The van der Waals surface area contributed by atoms with Crippen molar-refractivity contribution >= 4 is 29.2 Å². The average molecular weight is 325 g/mol. The number of carbonyl (C=O) groups excluding carboxylic acids is 1. The van der Waals surface area contributed by atoms with Crippen LogP contribution in [0.4, 0.5) is 0 Å². The molecule has 0 fully saturated rings. The zero-order chi connectivity index (χ0) is 15.2. The Morgan fingerprint density at radius 2 is 1.71 bits per heavy atom. The molecule has 1 unspecified atom stereocenters. The van der Waals surface area contributed by atoms with Crippen LogP contribution in [0.1, 0.15) is 21.8 Å². The second-order valence-corrected chi connectivity index (χ2v) is 5.42. The summed E-state index contributed by atoms with van der Waals surface area (Å²) >= 11 is 11.7. The molecule has 2 aromatic rings. The van der Waals surface area contributed by atoms with Gasteiger partial charge in [-0.15, -0.1) is 0 Å². The van der Waals surface area contributed by atoms with Crippen molar-refractivity contribution in [2.45, 2.75) is 5.92 Å². The first-order valence-electron chi connectivity index (χ1n) is 6.39. The third-order valence-corrected chi connectivity index (χ3v) is 3.44. The zero-order valence-electron chi connectivity index (χ0n) is 11.1. The van der Waals surface area contributed by atoms with Crippen LogP contribution in [0.3, 0.4) is 0 Å². The SMILES string of the molecule is O=C(OCC(CO)c1ccccc1)c1cc(Cl)cc(Cl)c1. The summed E-state index contributed by atoms with van der Waals surface area (Å²) in [6.07, 6.45) is 0. The van der Waals surface area contributed by atoms with E-state index in [9.17, 15) is 9.90 Å². The molecule has 0 amide bonds. The number of ether oxygens (including phenoxy) is 1. The van der Waals surface area contributed by atoms with Gasteiger partial charge in [-0.05, 0) is 23.8 Å². The minimum absolute atomic E-state index is 0.0868. The first-order valence-corrected chi connectivity index (χ1v) is 7.14. The number of aliphatic hydroxyl groups is 1. The quantitative estimate of drug-likeness (QED) is 0.848. The maximum absolute atomic E-state index is 12.0. The Balaban J connectivity index is 2.02. The topological polar surface area (TPSA) is 46.5 Å². The Labute approximate surface area is 133 Å². The lowest BCUT2D eigenvalue weighted by molar-refractivity contribution is 0.0450. The van der Waals surface area contributed by atoms with Crippen LogP contribution in [0.2, 0.25) is 10.0 Å². The van der Waals surface area contributed by atoms with Crippen molar-refractivity contribution in [3.05, 3.63) is 69.7 Å². The molecule has 0 aromatic heterocycles.